The third-order valence-electron chi connectivity index (χ3n) is 4.08. The fourth-order valence-corrected chi connectivity index (χ4v) is 3.01. The van der Waals surface area contributed by atoms with Crippen molar-refractivity contribution in [1.29, 1.82) is 0 Å². The lowest BCUT2D eigenvalue weighted by atomic mass is 10.1. The monoisotopic (exact) mass is 386 g/mol. The summed E-state index contributed by atoms with van der Waals surface area (Å²) in [5.41, 5.74) is 1.37. The van der Waals surface area contributed by atoms with Crippen LogP contribution in [0, 0.1) is 10.1 Å². The molecule has 3 rings (SSSR count). The maximum atomic E-state index is 12.4. The van der Waals surface area contributed by atoms with Gasteiger partial charge < -0.3 is 15.0 Å². The van der Waals surface area contributed by atoms with Crippen LogP contribution in [0.3, 0.4) is 0 Å². The Labute approximate surface area is 161 Å². The molecule has 27 heavy (non-hydrogen) atoms. The van der Waals surface area contributed by atoms with Crippen molar-refractivity contribution < 1.29 is 14.5 Å². The van der Waals surface area contributed by atoms with Crippen molar-refractivity contribution >= 4 is 40.3 Å². The molecule has 0 aromatic heterocycles. The molecule has 9 heteroatoms. The van der Waals surface area contributed by atoms with E-state index in [2.05, 4.69) is 15.5 Å². The molecule has 0 atom stereocenters. The summed E-state index contributed by atoms with van der Waals surface area (Å²) in [6.45, 7) is 2.81. The Balaban J connectivity index is 1.72. The number of carbonyl (C=O) groups is 1. The van der Waals surface area contributed by atoms with Gasteiger partial charge in [0.2, 0.25) is 0 Å². The number of hydrogen-bond acceptors (Lipinski definition) is 6. The van der Waals surface area contributed by atoms with E-state index in [9.17, 15) is 14.9 Å². The largest absolute Gasteiger partial charge is 0.378 e. The molecule has 2 aromatic rings. The van der Waals surface area contributed by atoms with Crippen molar-refractivity contribution in [2.45, 2.75) is 0 Å². The molecule has 0 spiro atoms. The van der Waals surface area contributed by atoms with Gasteiger partial charge in [-0.1, -0.05) is 24.3 Å². The third-order valence-corrected chi connectivity index (χ3v) is 4.28. The van der Waals surface area contributed by atoms with E-state index in [1.165, 1.54) is 18.2 Å². The molecule has 1 amide bonds. The summed E-state index contributed by atoms with van der Waals surface area (Å²) in [5, 5.41) is 16.7. The first-order valence-electron chi connectivity index (χ1n) is 8.34. The second kappa shape index (κ2) is 8.56. The molecule has 1 heterocycles. The topological polar surface area (TPSA) is 96.7 Å². The van der Waals surface area contributed by atoms with Crippen LogP contribution in [0.25, 0.3) is 0 Å². The molecule has 0 radical (unpaired) electrons. The number of benzene rings is 2. The van der Waals surface area contributed by atoms with Crippen LogP contribution in [0.1, 0.15) is 10.4 Å². The fraction of sp³-hybridized carbons (Fsp3) is 0.222. The van der Waals surface area contributed by atoms with Crippen LogP contribution in [0.2, 0.25) is 0 Å². The average molecular weight is 386 g/mol. The quantitative estimate of drug-likeness (QED) is 0.473. The summed E-state index contributed by atoms with van der Waals surface area (Å²) in [7, 11) is 0. The first-order chi connectivity index (χ1) is 13.1. The number of nitrogens with one attached hydrogen (secondary N) is 2. The van der Waals surface area contributed by atoms with Crippen molar-refractivity contribution in [3.8, 4) is 0 Å². The number of anilines is 2. The maximum absolute atomic E-state index is 12.4. The normalized spacial score (nSPS) is 13.7. The lowest BCUT2D eigenvalue weighted by Crippen LogP contribution is -2.38. The van der Waals surface area contributed by atoms with E-state index in [-0.39, 0.29) is 16.4 Å². The van der Waals surface area contributed by atoms with Gasteiger partial charge in [0, 0.05) is 19.2 Å². The summed E-state index contributed by atoms with van der Waals surface area (Å²) in [6, 6.07) is 13.3. The number of hydrogen-bond donors (Lipinski definition) is 2. The van der Waals surface area contributed by atoms with Gasteiger partial charge >= 0.3 is 0 Å². The Morgan fingerprint density at radius 2 is 1.78 bits per heavy atom. The van der Waals surface area contributed by atoms with E-state index in [1.807, 2.05) is 24.3 Å². The van der Waals surface area contributed by atoms with Crippen molar-refractivity contribution in [3.63, 3.8) is 0 Å². The number of morpholine rings is 1. The number of ether oxygens (including phenoxy) is 1. The van der Waals surface area contributed by atoms with Crippen LogP contribution in [-0.4, -0.2) is 42.2 Å². The van der Waals surface area contributed by atoms with Gasteiger partial charge in [-0.2, -0.15) is 0 Å². The average Bonchev–Trinajstić information content (AvgIpc) is 2.69. The molecule has 0 aliphatic carbocycles. The maximum Gasteiger partial charge on any atom is 0.282 e. The standard InChI is InChI=1S/C18H18N4O4S/c23-17(13-5-1-3-7-15(13)22(24)25)20-18(27)19-14-6-2-4-8-16(14)21-9-11-26-12-10-21/h1-8H,9-12H2,(H2,19,20,23,27). The van der Waals surface area contributed by atoms with Gasteiger partial charge in [0.15, 0.2) is 5.11 Å². The van der Waals surface area contributed by atoms with Crippen LogP contribution in [0.5, 0.6) is 0 Å². The SMILES string of the molecule is O=C(NC(=S)Nc1ccccc1N1CCOCC1)c1ccccc1[N+](=O)[O-]. The van der Waals surface area contributed by atoms with Gasteiger partial charge in [-0.05, 0) is 30.4 Å². The van der Waals surface area contributed by atoms with Gasteiger partial charge in [0.05, 0.1) is 29.5 Å². The van der Waals surface area contributed by atoms with Crippen molar-refractivity contribution in [2.75, 3.05) is 36.5 Å². The zero-order valence-corrected chi connectivity index (χ0v) is 15.2. The van der Waals surface area contributed by atoms with Crippen LogP contribution in [0.15, 0.2) is 48.5 Å². The van der Waals surface area contributed by atoms with Gasteiger partial charge in [0.25, 0.3) is 11.6 Å². The molecular formula is C18H18N4O4S. The molecule has 2 aromatic carbocycles. The van der Waals surface area contributed by atoms with Crippen molar-refractivity contribution in [1.82, 2.24) is 5.32 Å². The predicted molar refractivity (Wildman–Crippen MR) is 106 cm³/mol. The minimum atomic E-state index is -0.636. The molecule has 2 N–H and O–H groups in total. The second-order valence-electron chi connectivity index (χ2n) is 5.80. The predicted octanol–water partition coefficient (Wildman–Crippen LogP) is 2.56. The van der Waals surface area contributed by atoms with E-state index >= 15 is 0 Å². The minimum Gasteiger partial charge on any atom is -0.378 e. The number of nitro benzene ring substituents is 1. The Morgan fingerprint density at radius 1 is 1.11 bits per heavy atom. The summed E-state index contributed by atoms with van der Waals surface area (Å²) in [4.78, 5) is 25.0. The van der Waals surface area contributed by atoms with Crippen LogP contribution in [0.4, 0.5) is 17.1 Å². The fourth-order valence-electron chi connectivity index (χ4n) is 2.81. The van der Waals surface area contributed by atoms with E-state index in [0.717, 1.165) is 24.5 Å². The first-order valence-corrected chi connectivity index (χ1v) is 8.74. The van der Waals surface area contributed by atoms with E-state index in [1.54, 1.807) is 6.07 Å². The van der Waals surface area contributed by atoms with Crippen LogP contribution in [-0.2, 0) is 4.74 Å². The van der Waals surface area contributed by atoms with Crippen LogP contribution >= 0.6 is 12.2 Å². The van der Waals surface area contributed by atoms with Gasteiger partial charge in [0.1, 0.15) is 5.56 Å². The molecule has 0 bridgehead atoms. The third kappa shape index (κ3) is 4.57. The van der Waals surface area contributed by atoms with Crippen molar-refractivity contribution in [2.24, 2.45) is 0 Å². The number of nitro groups is 1. The number of para-hydroxylation sites is 3. The van der Waals surface area contributed by atoms with Gasteiger partial charge in [-0.15, -0.1) is 0 Å². The van der Waals surface area contributed by atoms with E-state index in [4.69, 9.17) is 17.0 Å². The summed E-state index contributed by atoms with van der Waals surface area (Å²) in [5.74, 6) is -0.636. The molecular weight excluding hydrogens is 368 g/mol. The lowest BCUT2D eigenvalue weighted by molar-refractivity contribution is -0.385. The molecule has 140 valence electrons. The Hall–Kier alpha value is -3.04. The highest BCUT2D eigenvalue weighted by Gasteiger charge is 2.20. The highest BCUT2D eigenvalue weighted by atomic mass is 32.1. The molecule has 1 saturated heterocycles. The summed E-state index contributed by atoms with van der Waals surface area (Å²) >= 11 is 5.23. The molecule has 1 aliphatic heterocycles. The molecule has 0 saturated carbocycles. The number of thiocarbonyl (C=S) groups is 1. The second-order valence-corrected chi connectivity index (χ2v) is 6.21. The van der Waals surface area contributed by atoms with Gasteiger partial charge in [-0.3, -0.25) is 20.2 Å². The van der Waals surface area contributed by atoms with E-state index < -0.39 is 10.8 Å². The smallest absolute Gasteiger partial charge is 0.282 e. The van der Waals surface area contributed by atoms with Crippen molar-refractivity contribution in [3.05, 3.63) is 64.2 Å². The molecule has 1 aliphatic rings. The molecule has 1 fully saturated rings. The minimum absolute atomic E-state index is 0.0480. The number of nitrogens with zero attached hydrogens (tertiary/aromatic N) is 2. The van der Waals surface area contributed by atoms with Crippen LogP contribution < -0.4 is 15.5 Å². The Kier molecular flexibility index (Phi) is 5.94. The summed E-state index contributed by atoms with van der Waals surface area (Å²) in [6.07, 6.45) is 0. The first kappa shape index (κ1) is 18.7. The van der Waals surface area contributed by atoms with E-state index in [0.29, 0.717) is 13.2 Å². The zero-order valence-electron chi connectivity index (χ0n) is 14.4. The lowest BCUT2D eigenvalue weighted by Gasteiger charge is -2.30. The molecule has 8 nitrogen and oxygen atoms in total. The Morgan fingerprint density at radius 3 is 2.52 bits per heavy atom. The Bertz CT molecular complexity index is 868. The highest BCUT2D eigenvalue weighted by molar-refractivity contribution is 7.80. The number of amides is 1. The molecule has 0 unspecified atom stereocenters. The highest BCUT2D eigenvalue weighted by Crippen LogP contribution is 2.26. The van der Waals surface area contributed by atoms with Gasteiger partial charge in [-0.25, -0.2) is 0 Å². The zero-order chi connectivity index (χ0) is 19.2. The number of carbonyl (C=O) groups excluding carboxylic acids is 1. The summed E-state index contributed by atoms with van der Waals surface area (Å²) < 4.78 is 5.37. The number of rotatable bonds is 4.